The number of rotatable bonds is 8. The lowest BCUT2D eigenvalue weighted by Crippen LogP contribution is -2.20. The summed E-state index contributed by atoms with van der Waals surface area (Å²) in [7, 11) is 0. The van der Waals surface area contributed by atoms with Gasteiger partial charge < -0.3 is 31.0 Å². The number of hydrogen-bond acceptors (Lipinski definition) is 6. The summed E-state index contributed by atoms with van der Waals surface area (Å²) < 4.78 is 16.4. The molecule has 0 aliphatic rings. The van der Waals surface area contributed by atoms with Crippen LogP contribution in [0.5, 0.6) is 17.2 Å². The van der Waals surface area contributed by atoms with Crippen molar-refractivity contribution in [2.24, 2.45) is 0 Å². The lowest BCUT2D eigenvalue weighted by Gasteiger charge is -2.15. The first-order valence-corrected chi connectivity index (χ1v) is 8.00. The summed E-state index contributed by atoms with van der Waals surface area (Å²) in [5, 5.41) is 2.75. The average molecular weight is 345 g/mol. The second-order valence-corrected chi connectivity index (χ2v) is 5.16. The predicted molar refractivity (Wildman–Crippen MR) is 98.2 cm³/mol. The van der Waals surface area contributed by atoms with Gasteiger partial charge in [-0.25, -0.2) is 0 Å². The molecule has 0 heterocycles. The summed E-state index contributed by atoms with van der Waals surface area (Å²) in [6.07, 6.45) is 0. The summed E-state index contributed by atoms with van der Waals surface area (Å²) in [6, 6.07) is 10.1. The quantitative estimate of drug-likeness (QED) is 0.635. The van der Waals surface area contributed by atoms with Crippen LogP contribution in [0.4, 0.5) is 17.1 Å². The van der Waals surface area contributed by atoms with Gasteiger partial charge in [-0.15, -0.1) is 0 Å². The molecular weight excluding hydrogens is 322 g/mol. The van der Waals surface area contributed by atoms with Gasteiger partial charge in [0.25, 0.3) is 5.91 Å². The Balaban J connectivity index is 2.07. The van der Waals surface area contributed by atoms with Crippen molar-refractivity contribution in [3.63, 3.8) is 0 Å². The Hall–Kier alpha value is -3.09. The van der Waals surface area contributed by atoms with Crippen LogP contribution < -0.4 is 31.0 Å². The standard InChI is InChI=1S/C18H23N3O4/c1-3-23-16-10-15(17(24-4-2)9-14(16)20)21-18(22)11-25-13-7-5-12(19)6-8-13/h5-10H,3-4,11,19-20H2,1-2H3,(H,21,22). The van der Waals surface area contributed by atoms with Gasteiger partial charge in [0.05, 0.1) is 24.6 Å². The molecule has 1 amide bonds. The Morgan fingerprint density at radius 2 is 1.60 bits per heavy atom. The summed E-state index contributed by atoms with van der Waals surface area (Å²) in [5.74, 6) is 1.19. The fraction of sp³-hybridized carbons (Fsp3) is 0.278. The van der Waals surface area contributed by atoms with Crippen molar-refractivity contribution < 1.29 is 19.0 Å². The Bertz CT molecular complexity index is 717. The summed E-state index contributed by atoms with van der Waals surface area (Å²) in [6.45, 7) is 4.46. The summed E-state index contributed by atoms with van der Waals surface area (Å²) in [4.78, 5) is 12.2. The SMILES string of the molecule is CCOc1cc(NC(=O)COc2ccc(N)cc2)c(OCC)cc1N. The van der Waals surface area contributed by atoms with Gasteiger partial charge in [-0.2, -0.15) is 0 Å². The predicted octanol–water partition coefficient (Wildman–Crippen LogP) is 2.67. The molecule has 0 saturated carbocycles. The van der Waals surface area contributed by atoms with E-state index in [0.29, 0.717) is 47.5 Å². The zero-order chi connectivity index (χ0) is 18.2. The highest BCUT2D eigenvalue weighted by Crippen LogP contribution is 2.35. The second-order valence-electron chi connectivity index (χ2n) is 5.16. The van der Waals surface area contributed by atoms with E-state index in [1.165, 1.54) is 0 Å². The van der Waals surface area contributed by atoms with Crippen LogP contribution in [0.1, 0.15) is 13.8 Å². The van der Waals surface area contributed by atoms with Crippen molar-refractivity contribution >= 4 is 23.0 Å². The molecule has 5 N–H and O–H groups in total. The molecule has 0 aromatic heterocycles. The van der Waals surface area contributed by atoms with E-state index in [4.69, 9.17) is 25.7 Å². The van der Waals surface area contributed by atoms with E-state index in [0.717, 1.165) is 0 Å². The van der Waals surface area contributed by atoms with Crippen molar-refractivity contribution in [2.45, 2.75) is 13.8 Å². The monoisotopic (exact) mass is 345 g/mol. The Kier molecular flexibility index (Phi) is 6.33. The lowest BCUT2D eigenvalue weighted by molar-refractivity contribution is -0.118. The molecule has 7 nitrogen and oxygen atoms in total. The van der Waals surface area contributed by atoms with Gasteiger partial charge in [0.1, 0.15) is 17.2 Å². The van der Waals surface area contributed by atoms with Crippen LogP contribution in [0.25, 0.3) is 0 Å². The number of ether oxygens (including phenoxy) is 3. The van der Waals surface area contributed by atoms with Crippen molar-refractivity contribution in [1.82, 2.24) is 0 Å². The molecule has 0 bridgehead atoms. The van der Waals surface area contributed by atoms with Gasteiger partial charge in [0.2, 0.25) is 0 Å². The molecule has 0 atom stereocenters. The normalized spacial score (nSPS) is 10.2. The van der Waals surface area contributed by atoms with Crippen LogP contribution in [-0.4, -0.2) is 25.7 Å². The highest BCUT2D eigenvalue weighted by atomic mass is 16.5. The first-order valence-electron chi connectivity index (χ1n) is 8.00. The molecular formula is C18H23N3O4. The number of benzene rings is 2. The highest BCUT2D eigenvalue weighted by Gasteiger charge is 2.13. The zero-order valence-corrected chi connectivity index (χ0v) is 14.4. The number of nitrogen functional groups attached to an aromatic ring is 2. The van der Waals surface area contributed by atoms with Crippen molar-refractivity contribution in [2.75, 3.05) is 36.6 Å². The summed E-state index contributed by atoms with van der Waals surface area (Å²) in [5.41, 5.74) is 13.1. The van der Waals surface area contributed by atoms with E-state index < -0.39 is 0 Å². The number of hydrogen-bond donors (Lipinski definition) is 3. The average Bonchev–Trinajstić information content (AvgIpc) is 2.59. The molecule has 0 aliphatic heterocycles. The topological polar surface area (TPSA) is 109 Å². The molecule has 7 heteroatoms. The maximum absolute atomic E-state index is 12.2. The maximum Gasteiger partial charge on any atom is 0.262 e. The zero-order valence-electron chi connectivity index (χ0n) is 14.4. The first-order chi connectivity index (χ1) is 12.0. The molecule has 0 spiro atoms. The Morgan fingerprint density at radius 1 is 0.960 bits per heavy atom. The second kappa shape index (κ2) is 8.68. The molecule has 134 valence electrons. The number of nitrogens with one attached hydrogen (secondary N) is 1. The van der Waals surface area contributed by atoms with Crippen LogP contribution in [-0.2, 0) is 4.79 Å². The largest absolute Gasteiger partial charge is 0.492 e. The molecule has 0 fully saturated rings. The number of carbonyl (C=O) groups is 1. The van der Waals surface area contributed by atoms with Gasteiger partial charge in [-0.1, -0.05) is 0 Å². The van der Waals surface area contributed by atoms with E-state index in [2.05, 4.69) is 5.32 Å². The molecule has 0 radical (unpaired) electrons. The first kappa shape index (κ1) is 18.3. The van der Waals surface area contributed by atoms with Crippen molar-refractivity contribution in [3.05, 3.63) is 36.4 Å². The molecule has 2 rings (SSSR count). The third-order valence-corrected chi connectivity index (χ3v) is 3.24. The van der Waals surface area contributed by atoms with Crippen molar-refractivity contribution in [1.29, 1.82) is 0 Å². The van der Waals surface area contributed by atoms with Crippen LogP contribution in [0, 0.1) is 0 Å². The van der Waals surface area contributed by atoms with E-state index >= 15 is 0 Å². The minimum absolute atomic E-state index is 0.149. The maximum atomic E-state index is 12.2. The van der Waals surface area contributed by atoms with Crippen LogP contribution in [0.2, 0.25) is 0 Å². The molecule has 0 aliphatic carbocycles. The Morgan fingerprint density at radius 3 is 2.24 bits per heavy atom. The smallest absolute Gasteiger partial charge is 0.262 e. The minimum Gasteiger partial charge on any atom is -0.492 e. The molecule has 2 aromatic carbocycles. The Labute approximate surface area is 146 Å². The van der Waals surface area contributed by atoms with E-state index in [-0.39, 0.29) is 12.5 Å². The van der Waals surface area contributed by atoms with Gasteiger partial charge in [-0.05, 0) is 38.1 Å². The van der Waals surface area contributed by atoms with Gasteiger partial charge in [0, 0.05) is 17.8 Å². The third kappa shape index (κ3) is 5.20. The number of carbonyl (C=O) groups excluding carboxylic acids is 1. The fourth-order valence-electron chi connectivity index (χ4n) is 2.13. The molecule has 0 saturated heterocycles. The van der Waals surface area contributed by atoms with Crippen LogP contribution in [0.15, 0.2) is 36.4 Å². The lowest BCUT2D eigenvalue weighted by atomic mass is 10.2. The molecule has 2 aromatic rings. The summed E-state index contributed by atoms with van der Waals surface area (Å²) >= 11 is 0. The van der Waals surface area contributed by atoms with E-state index in [1.54, 1.807) is 36.4 Å². The minimum atomic E-state index is -0.329. The van der Waals surface area contributed by atoms with Gasteiger partial charge in [0.15, 0.2) is 6.61 Å². The van der Waals surface area contributed by atoms with Crippen LogP contribution >= 0.6 is 0 Å². The van der Waals surface area contributed by atoms with Crippen molar-refractivity contribution in [3.8, 4) is 17.2 Å². The third-order valence-electron chi connectivity index (χ3n) is 3.24. The molecule has 0 unspecified atom stereocenters. The highest BCUT2D eigenvalue weighted by molar-refractivity contribution is 5.94. The van der Waals surface area contributed by atoms with Gasteiger partial charge in [-0.3, -0.25) is 4.79 Å². The van der Waals surface area contributed by atoms with E-state index in [1.807, 2.05) is 13.8 Å². The van der Waals surface area contributed by atoms with E-state index in [9.17, 15) is 4.79 Å². The van der Waals surface area contributed by atoms with Gasteiger partial charge >= 0.3 is 0 Å². The number of amides is 1. The van der Waals surface area contributed by atoms with Crippen LogP contribution in [0.3, 0.4) is 0 Å². The number of nitrogens with two attached hydrogens (primary N) is 2. The molecule has 25 heavy (non-hydrogen) atoms. The number of anilines is 3. The fourth-order valence-corrected chi connectivity index (χ4v) is 2.13.